The minimum atomic E-state index is -0.604. The number of nitrogens with zero attached hydrogens (tertiary/aromatic N) is 1. The van der Waals surface area contributed by atoms with E-state index in [1.165, 1.54) is 13.1 Å². The molecule has 28 heavy (non-hydrogen) atoms. The summed E-state index contributed by atoms with van der Waals surface area (Å²) in [6.45, 7) is 5.11. The lowest BCUT2D eigenvalue weighted by molar-refractivity contribution is -0.145. The van der Waals surface area contributed by atoms with Crippen molar-refractivity contribution in [3.05, 3.63) is 71.8 Å². The maximum Gasteiger partial charge on any atom is 0.323 e. The molecule has 2 aromatic rings. The number of hydrogen-bond acceptors (Lipinski definition) is 5. The van der Waals surface area contributed by atoms with Crippen molar-refractivity contribution in [3.8, 4) is 0 Å². The molecule has 0 saturated carbocycles. The first kappa shape index (κ1) is 24.1. The monoisotopic (exact) mass is 405 g/mol. The lowest BCUT2D eigenvalue weighted by Gasteiger charge is -2.21. The van der Waals surface area contributed by atoms with Gasteiger partial charge in [-0.25, -0.2) is 0 Å². The highest BCUT2D eigenvalue weighted by Crippen LogP contribution is 2.04. The number of piperazine rings is 1. The Balaban J connectivity index is 0.000000414. The summed E-state index contributed by atoms with van der Waals surface area (Å²) in [6.07, 6.45) is 1.22. The molecule has 1 aliphatic heterocycles. The largest absolute Gasteiger partial charge is 0.464 e. The minimum absolute atomic E-state index is 0. The van der Waals surface area contributed by atoms with Crippen LogP contribution in [0.5, 0.6) is 0 Å². The predicted octanol–water partition coefficient (Wildman–Crippen LogP) is 2.29. The van der Waals surface area contributed by atoms with Gasteiger partial charge in [0.25, 0.3) is 0 Å². The molecule has 3 N–H and O–H groups in total. The Labute approximate surface area is 174 Å². The predicted molar refractivity (Wildman–Crippen MR) is 117 cm³/mol. The Hall–Kier alpha value is -1.92. The molecule has 1 aliphatic rings. The van der Waals surface area contributed by atoms with Crippen LogP contribution in [0.15, 0.2) is 60.7 Å². The van der Waals surface area contributed by atoms with Gasteiger partial charge in [0.1, 0.15) is 6.04 Å². The molecule has 0 radical (unpaired) electrons. The van der Waals surface area contributed by atoms with Gasteiger partial charge in [-0.3, -0.25) is 4.79 Å². The molecule has 5 nitrogen and oxygen atoms in total. The molecule has 1 atom stereocenters. The number of nitrogens with two attached hydrogens (primary N) is 1. The van der Waals surface area contributed by atoms with Gasteiger partial charge >= 0.3 is 5.97 Å². The molecular formula is C22H32ClN3O2. The van der Waals surface area contributed by atoms with Gasteiger partial charge in [0.2, 0.25) is 0 Å². The van der Waals surface area contributed by atoms with Crippen molar-refractivity contribution >= 4 is 18.4 Å². The van der Waals surface area contributed by atoms with Gasteiger partial charge in [0.05, 0.1) is 6.61 Å². The number of likely N-dealkylation sites (N-methyl/N-ethyl adjacent to an activating group) is 1. The normalized spacial score (nSPS) is 14.8. The van der Waals surface area contributed by atoms with E-state index in [1.807, 2.05) is 60.7 Å². The van der Waals surface area contributed by atoms with Crippen molar-refractivity contribution in [2.45, 2.75) is 18.9 Å². The second-order valence-corrected chi connectivity index (χ2v) is 6.75. The topological polar surface area (TPSA) is 67.6 Å². The van der Waals surface area contributed by atoms with E-state index in [4.69, 9.17) is 10.5 Å². The van der Waals surface area contributed by atoms with Crippen LogP contribution in [0.4, 0.5) is 0 Å². The molecule has 1 saturated heterocycles. The van der Waals surface area contributed by atoms with E-state index in [0.29, 0.717) is 19.4 Å². The molecule has 0 aliphatic carbocycles. The van der Waals surface area contributed by atoms with Crippen LogP contribution in [0.25, 0.3) is 0 Å². The Kier molecular flexibility index (Phi) is 12.2. The number of hydrogen-bond donors (Lipinski definition) is 2. The van der Waals surface area contributed by atoms with Crippen molar-refractivity contribution in [3.63, 3.8) is 0 Å². The first-order chi connectivity index (χ1) is 13.1. The summed E-state index contributed by atoms with van der Waals surface area (Å²) in [5.41, 5.74) is 8.05. The number of carbonyl (C=O) groups excluding carboxylic acids is 1. The summed E-state index contributed by atoms with van der Waals surface area (Å²) in [5, 5.41) is 3.27. The summed E-state index contributed by atoms with van der Waals surface area (Å²) in [7, 11) is 2.15. The van der Waals surface area contributed by atoms with Gasteiger partial charge in [-0.15, -0.1) is 12.4 Å². The molecule has 154 valence electrons. The van der Waals surface area contributed by atoms with Crippen molar-refractivity contribution in [2.75, 3.05) is 39.8 Å². The standard InChI is InChI=1S/C17H19NO2.C5H12N2.ClH/c18-16(13-15-9-5-2-6-10-15)17(19)20-12-11-14-7-3-1-4-8-14;1-7-4-2-6-3-5-7;/h1-10,16H,11-13,18H2;6H,2-5H2,1H3;1H. The van der Waals surface area contributed by atoms with Crippen molar-refractivity contribution < 1.29 is 9.53 Å². The Morgan fingerprint density at radius 2 is 1.57 bits per heavy atom. The molecule has 2 aromatic carbocycles. The molecular weight excluding hydrogens is 374 g/mol. The zero-order valence-electron chi connectivity index (χ0n) is 16.5. The lowest BCUT2D eigenvalue weighted by Crippen LogP contribution is -2.40. The average molecular weight is 406 g/mol. The smallest absolute Gasteiger partial charge is 0.323 e. The van der Waals surface area contributed by atoms with Crippen LogP contribution >= 0.6 is 12.4 Å². The summed E-state index contributed by atoms with van der Waals surface area (Å²) >= 11 is 0. The molecule has 1 heterocycles. The van der Waals surface area contributed by atoms with E-state index in [1.54, 1.807) is 0 Å². The van der Waals surface area contributed by atoms with Gasteiger partial charge in [-0.1, -0.05) is 60.7 Å². The molecule has 0 aromatic heterocycles. The zero-order chi connectivity index (χ0) is 19.3. The summed E-state index contributed by atoms with van der Waals surface area (Å²) < 4.78 is 5.22. The van der Waals surface area contributed by atoms with Crippen LogP contribution in [0.1, 0.15) is 11.1 Å². The van der Waals surface area contributed by atoms with E-state index in [-0.39, 0.29) is 18.4 Å². The molecule has 6 heteroatoms. The fourth-order valence-electron chi connectivity index (χ4n) is 2.75. The third kappa shape index (κ3) is 9.85. The van der Waals surface area contributed by atoms with Gasteiger partial charge in [0, 0.05) is 32.6 Å². The Morgan fingerprint density at radius 3 is 2.07 bits per heavy atom. The number of halogens is 1. The number of ether oxygens (including phenoxy) is 1. The van der Waals surface area contributed by atoms with E-state index in [9.17, 15) is 4.79 Å². The van der Waals surface area contributed by atoms with Crippen molar-refractivity contribution in [2.24, 2.45) is 5.73 Å². The number of benzene rings is 2. The van der Waals surface area contributed by atoms with Crippen LogP contribution in [-0.2, 0) is 22.4 Å². The SMILES string of the molecule is CN1CCNCC1.Cl.NC(Cc1ccccc1)C(=O)OCCc1ccccc1. The molecule has 3 rings (SSSR count). The third-order valence-corrected chi connectivity index (χ3v) is 4.42. The highest BCUT2D eigenvalue weighted by molar-refractivity contribution is 5.85. The van der Waals surface area contributed by atoms with Gasteiger partial charge in [-0.2, -0.15) is 0 Å². The van der Waals surface area contributed by atoms with Crippen LogP contribution in [-0.4, -0.2) is 56.7 Å². The van der Waals surface area contributed by atoms with Gasteiger partial charge in [0.15, 0.2) is 0 Å². The highest BCUT2D eigenvalue weighted by Gasteiger charge is 2.15. The van der Waals surface area contributed by atoms with E-state index in [0.717, 1.165) is 24.2 Å². The summed E-state index contributed by atoms with van der Waals surface area (Å²) in [5.74, 6) is -0.343. The van der Waals surface area contributed by atoms with Crippen molar-refractivity contribution in [1.82, 2.24) is 10.2 Å². The summed E-state index contributed by atoms with van der Waals surface area (Å²) in [4.78, 5) is 14.1. The van der Waals surface area contributed by atoms with Crippen molar-refractivity contribution in [1.29, 1.82) is 0 Å². The molecule has 1 fully saturated rings. The fourth-order valence-corrected chi connectivity index (χ4v) is 2.75. The average Bonchev–Trinajstić information content (AvgIpc) is 2.70. The van der Waals surface area contributed by atoms with E-state index < -0.39 is 6.04 Å². The van der Waals surface area contributed by atoms with Crippen LogP contribution in [0.2, 0.25) is 0 Å². The van der Waals surface area contributed by atoms with E-state index in [2.05, 4.69) is 17.3 Å². The first-order valence-electron chi connectivity index (χ1n) is 9.54. The number of esters is 1. The molecule has 0 spiro atoms. The Morgan fingerprint density at radius 1 is 1.04 bits per heavy atom. The molecule has 1 unspecified atom stereocenters. The summed E-state index contributed by atoms with van der Waals surface area (Å²) in [6, 6.07) is 19.0. The fraction of sp³-hybridized carbons (Fsp3) is 0.409. The highest BCUT2D eigenvalue weighted by atomic mass is 35.5. The van der Waals surface area contributed by atoms with E-state index >= 15 is 0 Å². The maximum absolute atomic E-state index is 11.8. The molecule has 0 bridgehead atoms. The Bertz CT molecular complexity index is 649. The van der Waals surface area contributed by atoms with Gasteiger partial charge < -0.3 is 20.7 Å². The number of carbonyl (C=O) groups is 1. The van der Waals surface area contributed by atoms with Gasteiger partial charge in [-0.05, 0) is 24.6 Å². The van der Waals surface area contributed by atoms with Crippen LogP contribution in [0, 0.1) is 0 Å². The second kappa shape index (κ2) is 14.1. The zero-order valence-corrected chi connectivity index (χ0v) is 17.4. The second-order valence-electron chi connectivity index (χ2n) is 6.75. The van der Waals surface area contributed by atoms with Crippen LogP contribution < -0.4 is 11.1 Å². The first-order valence-corrected chi connectivity index (χ1v) is 9.54. The number of rotatable bonds is 6. The quantitative estimate of drug-likeness (QED) is 0.722. The van der Waals surface area contributed by atoms with Crippen LogP contribution in [0.3, 0.4) is 0 Å². The maximum atomic E-state index is 11.8. The third-order valence-electron chi connectivity index (χ3n) is 4.42. The molecule has 0 amide bonds. The lowest BCUT2D eigenvalue weighted by atomic mass is 10.1. The number of nitrogens with one attached hydrogen (secondary N) is 1. The minimum Gasteiger partial charge on any atom is -0.464 e.